The summed E-state index contributed by atoms with van der Waals surface area (Å²) in [5, 5.41) is 0. The maximum atomic E-state index is 12.2. The molecule has 0 spiro atoms. The van der Waals surface area contributed by atoms with E-state index in [-0.39, 0.29) is 17.1 Å². The molecule has 0 aromatic carbocycles. The second kappa shape index (κ2) is 5.96. The fourth-order valence-corrected chi connectivity index (χ4v) is 1.46. The average molecular weight is 300 g/mol. The molecule has 9 heteroatoms. The van der Waals surface area contributed by atoms with Gasteiger partial charge < -0.3 is 14.5 Å². The van der Waals surface area contributed by atoms with Crippen LogP contribution in [0.15, 0.2) is 10.9 Å². The molecule has 0 bridgehead atoms. The lowest BCUT2D eigenvalue weighted by Gasteiger charge is -2.12. The van der Waals surface area contributed by atoms with Crippen LogP contribution in [-0.4, -0.2) is 24.4 Å². The van der Waals surface area contributed by atoms with Crippen LogP contribution in [0.1, 0.15) is 11.3 Å². The largest absolute Gasteiger partial charge is 0.573 e. The molecule has 106 valence electrons. The van der Waals surface area contributed by atoms with Crippen LogP contribution >= 0.6 is 11.6 Å². The molecule has 0 atom stereocenters. The molecule has 0 aliphatic rings. The van der Waals surface area contributed by atoms with Gasteiger partial charge in [0.15, 0.2) is 5.75 Å². The Balaban J connectivity index is 3.18. The number of ether oxygens (including phenoxy) is 2. The molecular weight excluding hydrogens is 291 g/mol. The van der Waals surface area contributed by atoms with Crippen molar-refractivity contribution in [3.05, 3.63) is 27.7 Å². The number of carbonyl (C=O) groups is 1. The zero-order chi connectivity index (χ0) is 14.6. The van der Waals surface area contributed by atoms with Crippen molar-refractivity contribution in [3.8, 4) is 5.75 Å². The van der Waals surface area contributed by atoms with Crippen molar-refractivity contribution in [2.45, 2.75) is 18.7 Å². The maximum absolute atomic E-state index is 12.2. The van der Waals surface area contributed by atoms with Gasteiger partial charge >= 0.3 is 12.3 Å². The number of esters is 1. The predicted octanol–water partition coefficient (Wildman–Crippen LogP) is 1.73. The monoisotopic (exact) mass is 299 g/mol. The molecule has 1 rings (SSSR count). The number of H-pyrrole nitrogens is 1. The van der Waals surface area contributed by atoms with Gasteiger partial charge in [0, 0.05) is 5.56 Å². The SMILES string of the molecule is COC(=O)Cc1cc(OC(F)(F)F)c(CCl)[nH]c1=O. The third-order valence-corrected chi connectivity index (χ3v) is 2.35. The summed E-state index contributed by atoms with van der Waals surface area (Å²) in [4.78, 5) is 24.7. The number of methoxy groups -OCH3 is 1. The van der Waals surface area contributed by atoms with E-state index in [0.717, 1.165) is 13.2 Å². The Morgan fingerprint density at radius 3 is 2.58 bits per heavy atom. The van der Waals surface area contributed by atoms with Crippen LogP contribution in [0.4, 0.5) is 13.2 Å². The molecular formula is C10H9ClF3NO4. The van der Waals surface area contributed by atoms with Crippen molar-refractivity contribution in [1.29, 1.82) is 0 Å². The highest BCUT2D eigenvalue weighted by Crippen LogP contribution is 2.26. The van der Waals surface area contributed by atoms with Crippen LogP contribution in [0, 0.1) is 0 Å². The molecule has 1 N–H and O–H groups in total. The molecule has 19 heavy (non-hydrogen) atoms. The van der Waals surface area contributed by atoms with Crippen molar-refractivity contribution < 1.29 is 27.4 Å². The minimum absolute atomic E-state index is 0.208. The summed E-state index contributed by atoms with van der Waals surface area (Å²) in [7, 11) is 1.09. The van der Waals surface area contributed by atoms with E-state index in [1.54, 1.807) is 0 Å². The lowest BCUT2D eigenvalue weighted by Crippen LogP contribution is -2.23. The summed E-state index contributed by atoms with van der Waals surface area (Å²) >= 11 is 5.41. The molecule has 0 unspecified atom stereocenters. The number of rotatable bonds is 4. The van der Waals surface area contributed by atoms with Crippen molar-refractivity contribution in [1.82, 2.24) is 4.98 Å². The Morgan fingerprint density at radius 2 is 2.11 bits per heavy atom. The van der Waals surface area contributed by atoms with Gasteiger partial charge in [-0.1, -0.05) is 0 Å². The zero-order valence-electron chi connectivity index (χ0n) is 9.64. The first-order chi connectivity index (χ1) is 8.76. The smallest absolute Gasteiger partial charge is 0.469 e. The van der Waals surface area contributed by atoms with E-state index in [1.165, 1.54) is 0 Å². The van der Waals surface area contributed by atoms with E-state index in [1.807, 2.05) is 0 Å². The molecule has 1 heterocycles. The Bertz CT molecular complexity index is 526. The van der Waals surface area contributed by atoms with Crippen molar-refractivity contribution in [2.75, 3.05) is 7.11 Å². The minimum Gasteiger partial charge on any atom is -0.469 e. The molecule has 0 saturated heterocycles. The summed E-state index contributed by atoms with van der Waals surface area (Å²) in [6.45, 7) is 0. The van der Waals surface area contributed by atoms with Gasteiger partial charge in [0.25, 0.3) is 5.56 Å². The molecule has 0 saturated carbocycles. The first kappa shape index (κ1) is 15.4. The highest BCUT2D eigenvalue weighted by atomic mass is 35.5. The number of nitrogens with one attached hydrogen (secondary N) is 1. The number of aromatic nitrogens is 1. The highest BCUT2D eigenvalue weighted by molar-refractivity contribution is 6.17. The van der Waals surface area contributed by atoms with Crippen LogP contribution in [0.25, 0.3) is 0 Å². The summed E-state index contributed by atoms with van der Waals surface area (Å²) in [5.74, 6) is -1.79. The van der Waals surface area contributed by atoms with Gasteiger partial charge in [-0.2, -0.15) is 0 Å². The third-order valence-electron chi connectivity index (χ3n) is 2.08. The van der Waals surface area contributed by atoms with Gasteiger partial charge in [0.2, 0.25) is 0 Å². The average Bonchev–Trinajstić information content (AvgIpc) is 2.30. The molecule has 0 radical (unpaired) electrons. The van der Waals surface area contributed by atoms with Crippen molar-refractivity contribution in [2.24, 2.45) is 0 Å². The number of aromatic amines is 1. The van der Waals surface area contributed by atoms with Crippen LogP contribution in [0.2, 0.25) is 0 Å². The number of hydrogen-bond donors (Lipinski definition) is 1. The van der Waals surface area contributed by atoms with Gasteiger partial charge in [-0.15, -0.1) is 24.8 Å². The second-order valence-corrected chi connectivity index (χ2v) is 3.67. The summed E-state index contributed by atoms with van der Waals surface area (Å²) in [6, 6.07) is 0.820. The first-order valence-corrected chi connectivity index (χ1v) is 5.44. The zero-order valence-corrected chi connectivity index (χ0v) is 10.4. The lowest BCUT2D eigenvalue weighted by atomic mass is 10.2. The molecule has 0 aliphatic heterocycles. The quantitative estimate of drug-likeness (QED) is 0.679. The van der Waals surface area contributed by atoms with Gasteiger partial charge in [-0.25, -0.2) is 0 Å². The Hall–Kier alpha value is -1.70. The summed E-state index contributed by atoms with van der Waals surface area (Å²) in [5.41, 5.74) is -1.16. The summed E-state index contributed by atoms with van der Waals surface area (Å²) < 4.78 is 44.6. The van der Waals surface area contributed by atoms with Gasteiger partial charge in [-0.3, -0.25) is 9.59 Å². The van der Waals surface area contributed by atoms with Gasteiger partial charge in [0.05, 0.1) is 25.1 Å². The standard InChI is InChI=1S/C10H9ClF3NO4/c1-18-8(16)3-5-2-7(19-10(12,13)14)6(4-11)15-9(5)17/h2H,3-4H2,1H3,(H,15,17). The Morgan fingerprint density at radius 1 is 1.47 bits per heavy atom. The number of halogens is 4. The lowest BCUT2D eigenvalue weighted by molar-refractivity contribution is -0.275. The molecule has 0 amide bonds. The first-order valence-electron chi connectivity index (χ1n) is 4.90. The van der Waals surface area contributed by atoms with Crippen LogP contribution in [0.5, 0.6) is 5.75 Å². The van der Waals surface area contributed by atoms with E-state index < -0.39 is 30.1 Å². The Labute approximate surface area is 110 Å². The van der Waals surface area contributed by atoms with Crippen molar-refractivity contribution >= 4 is 17.6 Å². The normalized spacial score (nSPS) is 11.2. The molecule has 5 nitrogen and oxygen atoms in total. The number of alkyl halides is 4. The maximum Gasteiger partial charge on any atom is 0.573 e. The van der Waals surface area contributed by atoms with E-state index in [9.17, 15) is 22.8 Å². The fourth-order valence-electron chi connectivity index (χ4n) is 1.26. The number of hydrogen-bond acceptors (Lipinski definition) is 4. The van der Waals surface area contributed by atoms with Crippen LogP contribution in [0.3, 0.4) is 0 Å². The van der Waals surface area contributed by atoms with Crippen molar-refractivity contribution in [3.63, 3.8) is 0 Å². The second-order valence-electron chi connectivity index (χ2n) is 3.40. The van der Waals surface area contributed by atoms with Gasteiger partial charge in [0.1, 0.15) is 0 Å². The molecule has 0 fully saturated rings. The summed E-state index contributed by atoms with van der Waals surface area (Å²) in [6.07, 6.45) is -5.40. The molecule has 1 aromatic heterocycles. The fraction of sp³-hybridized carbons (Fsp3) is 0.400. The van der Waals surface area contributed by atoms with Gasteiger partial charge in [-0.05, 0) is 6.07 Å². The van der Waals surface area contributed by atoms with Crippen LogP contribution in [-0.2, 0) is 21.8 Å². The third kappa shape index (κ3) is 4.47. The van der Waals surface area contributed by atoms with E-state index in [4.69, 9.17) is 11.6 Å². The number of pyridine rings is 1. The predicted molar refractivity (Wildman–Crippen MR) is 59.0 cm³/mol. The highest BCUT2D eigenvalue weighted by Gasteiger charge is 2.32. The van der Waals surface area contributed by atoms with E-state index in [0.29, 0.717) is 0 Å². The number of carbonyl (C=O) groups excluding carboxylic acids is 1. The van der Waals surface area contributed by atoms with Crippen LogP contribution < -0.4 is 10.3 Å². The minimum atomic E-state index is -4.93. The Kier molecular flexibility index (Phi) is 4.82. The van der Waals surface area contributed by atoms with E-state index in [2.05, 4.69) is 14.5 Å². The van der Waals surface area contributed by atoms with E-state index >= 15 is 0 Å². The molecule has 0 aliphatic carbocycles. The topological polar surface area (TPSA) is 68.4 Å². The molecule has 1 aromatic rings.